The van der Waals surface area contributed by atoms with Gasteiger partial charge in [0.1, 0.15) is 0 Å². The molecule has 0 saturated carbocycles. The molecule has 0 aromatic heterocycles. The predicted octanol–water partition coefficient (Wildman–Crippen LogP) is 1.87. The van der Waals surface area contributed by atoms with Gasteiger partial charge in [-0.25, -0.2) is 0 Å². The summed E-state index contributed by atoms with van der Waals surface area (Å²) in [7, 11) is 0.0896. The van der Waals surface area contributed by atoms with Gasteiger partial charge in [0.25, 0.3) is 0 Å². The second-order valence-corrected chi connectivity index (χ2v) is 3.51. The van der Waals surface area contributed by atoms with E-state index in [1.807, 2.05) is 6.07 Å². The molecule has 0 amide bonds. The molecule has 0 nitrogen and oxygen atoms in total. The van der Waals surface area contributed by atoms with Crippen molar-refractivity contribution < 1.29 is 0 Å². The Labute approximate surface area is 64.4 Å². The maximum atomic E-state index is 2.30. The van der Waals surface area contributed by atoms with Crippen LogP contribution in [0.25, 0.3) is 6.08 Å². The summed E-state index contributed by atoms with van der Waals surface area (Å²) < 4.78 is 0. The van der Waals surface area contributed by atoms with Gasteiger partial charge in [0.2, 0.25) is 0 Å². The lowest BCUT2D eigenvalue weighted by Gasteiger charge is -1.88. The molecule has 0 spiro atoms. The van der Waals surface area contributed by atoms with Crippen LogP contribution in [0, 0.1) is 0 Å². The molecule has 0 heterocycles. The van der Waals surface area contributed by atoms with Crippen LogP contribution in [0.3, 0.4) is 0 Å². The Hall–Kier alpha value is -0.823. The molecule has 1 heteroatoms. The minimum Gasteiger partial charge on any atom is -0.101 e. The zero-order chi connectivity index (χ0) is 7.23. The predicted molar refractivity (Wildman–Crippen MR) is 49.9 cm³/mol. The van der Waals surface area contributed by atoms with Crippen molar-refractivity contribution in [1.29, 1.82) is 0 Å². The molecule has 0 radical (unpaired) electrons. The molecule has 0 saturated heterocycles. The molecule has 0 bridgehead atoms. The summed E-state index contributed by atoms with van der Waals surface area (Å²) in [5.74, 6) is 0. The van der Waals surface area contributed by atoms with Crippen LogP contribution in [-0.4, -0.2) is 9.52 Å². The highest BCUT2D eigenvalue weighted by Gasteiger charge is 1.79. The fraction of sp³-hybridized carbons (Fsp3) is 0.111. The number of rotatable bonds is 2. The van der Waals surface area contributed by atoms with Crippen molar-refractivity contribution >= 4 is 15.6 Å². The molecule has 1 aromatic carbocycles. The third-order valence-corrected chi connectivity index (χ3v) is 2.05. The van der Waals surface area contributed by atoms with Gasteiger partial charge in [-0.1, -0.05) is 43.0 Å². The molecule has 1 rings (SSSR count). The van der Waals surface area contributed by atoms with Gasteiger partial charge in [-0.3, -0.25) is 0 Å². The first kappa shape index (κ1) is 7.29. The number of benzene rings is 1. The van der Waals surface area contributed by atoms with Crippen LogP contribution < -0.4 is 0 Å². The van der Waals surface area contributed by atoms with E-state index in [4.69, 9.17) is 0 Å². The SMILES string of the molecule is C[SiH2]C=Cc1ccccc1. The average molecular weight is 148 g/mol. The van der Waals surface area contributed by atoms with E-state index >= 15 is 0 Å². The quantitative estimate of drug-likeness (QED) is 0.562. The fourth-order valence-corrected chi connectivity index (χ4v) is 1.33. The second-order valence-electron chi connectivity index (χ2n) is 2.22. The van der Waals surface area contributed by atoms with Gasteiger partial charge in [-0.15, -0.1) is 5.70 Å². The Morgan fingerprint density at radius 1 is 1.20 bits per heavy atom. The summed E-state index contributed by atoms with van der Waals surface area (Å²) in [4.78, 5) is 0. The molecular formula is C9H12Si. The molecule has 0 atom stereocenters. The largest absolute Gasteiger partial charge is 0.101 e. The van der Waals surface area contributed by atoms with Crippen molar-refractivity contribution in [1.82, 2.24) is 0 Å². The summed E-state index contributed by atoms with van der Waals surface area (Å²) in [6.07, 6.45) is 2.20. The molecule has 1 aromatic rings. The van der Waals surface area contributed by atoms with E-state index in [1.54, 1.807) is 0 Å². The first-order valence-corrected chi connectivity index (χ1v) is 5.88. The highest BCUT2D eigenvalue weighted by atomic mass is 28.2. The van der Waals surface area contributed by atoms with Gasteiger partial charge >= 0.3 is 0 Å². The molecule has 0 N–H and O–H groups in total. The summed E-state index contributed by atoms with van der Waals surface area (Å²) >= 11 is 0. The summed E-state index contributed by atoms with van der Waals surface area (Å²) in [5.41, 5.74) is 3.62. The average Bonchev–Trinajstić information content (AvgIpc) is 2.03. The standard InChI is InChI=1S/C9H12Si/c1-10-8-7-9-5-3-2-4-6-9/h2-8H,10H2,1H3. The molecule has 0 aliphatic rings. The van der Waals surface area contributed by atoms with E-state index in [1.165, 1.54) is 5.56 Å². The van der Waals surface area contributed by atoms with E-state index in [0.717, 1.165) is 0 Å². The maximum Gasteiger partial charge on any atom is 0.0423 e. The first-order valence-electron chi connectivity index (χ1n) is 3.65. The van der Waals surface area contributed by atoms with Crippen LogP contribution in [0.15, 0.2) is 36.0 Å². The van der Waals surface area contributed by atoms with Gasteiger partial charge in [0.15, 0.2) is 0 Å². The minimum atomic E-state index is 0.0896. The van der Waals surface area contributed by atoms with Crippen LogP contribution in [0.2, 0.25) is 6.55 Å². The minimum absolute atomic E-state index is 0.0896. The Morgan fingerprint density at radius 2 is 1.90 bits per heavy atom. The molecule has 0 aliphatic carbocycles. The zero-order valence-electron chi connectivity index (χ0n) is 6.25. The van der Waals surface area contributed by atoms with E-state index in [9.17, 15) is 0 Å². The van der Waals surface area contributed by atoms with Crippen LogP contribution in [0.4, 0.5) is 0 Å². The van der Waals surface area contributed by atoms with E-state index in [-0.39, 0.29) is 9.52 Å². The fourth-order valence-electron chi connectivity index (χ4n) is 0.818. The lowest BCUT2D eigenvalue weighted by atomic mass is 10.2. The number of hydrogen-bond acceptors (Lipinski definition) is 0. The Morgan fingerprint density at radius 3 is 2.50 bits per heavy atom. The molecule has 0 unspecified atom stereocenters. The van der Waals surface area contributed by atoms with Gasteiger partial charge in [-0.05, 0) is 5.56 Å². The highest BCUT2D eigenvalue weighted by Crippen LogP contribution is 1.99. The summed E-state index contributed by atoms with van der Waals surface area (Å²) in [5, 5.41) is 0. The van der Waals surface area contributed by atoms with Crippen molar-refractivity contribution in [2.45, 2.75) is 6.55 Å². The topological polar surface area (TPSA) is 0 Å². The van der Waals surface area contributed by atoms with Gasteiger partial charge in [0.05, 0.1) is 0 Å². The maximum absolute atomic E-state index is 2.30. The van der Waals surface area contributed by atoms with Gasteiger partial charge in [0, 0.05) is 9.52 Å². The van der Waals surface area contributed by atoms with E-state index in [2.05, 4.69) is 42.6 Å². The number of hydrogen-bond donors (Lipinski definition) is 0. The Bertz CT molecular complexity index is 201. The van der Waals surface area contributed by atoms with Gasteiger partial charge < -0.3 is 0 Å². The molecule has 0 aliphatic heterocycles. The van der Waals surface area contributed by atoms with Crippen LogP contribution in [0.1, 0.15) is 5.56 Å². The molecule has 52 valence electrons. The van der Waals surface area contributed by atoms with E-state index < -0.39 is 0 Å². The Kier molecular flexibility index (Phi) is 2.96. The lowest BCUT2D eigenvalue weighted by molar-refractivity contribution is 1.66. The molecular weight excluding hydrogens is 136 g/mol. The van der Waals surface area contributed by atoms with Crippen molar-refractivity contribution in [2.24, 2.45) is 0 Å². The van der Waals surface area contributed by atoms with Crippen LogP contribution in [-0.2, 0) is 0 Å². The van der Waals surface area contributed by atoms with Crippen LogP contribution in [0.5, 0.6) is 0 Å². The third-order valence-electron chi connectivity index (χ3n) is 1.35. The van der Waals surface area contributed by atoms with E-state index in [0.29, 0.717) is 0 Å². The van der Waals surface area contributed by atoms with Crippen molar-refractivity contribution in [3.63, 3.8) is 0 Å². The molecule has 0 fully saturated rings. The highest BCUT2D eigenvalue weighted by molar-refractivity contribution is 6.41. The lowest BCUT2D eigenvalue weighted by Crippen LogP contribution is -1.72. The zero-order valence-corrected chi connectivity index (χ0v) is 7.66. The Balaban J connectivity index is 2.67. The second kappa shape index (κ2) is 4.07. The van der Waals surface area contributed by atoms with Crippen molar-refractivity contribution in [2.75, 3.05) is 0 Å². The molecule has 10 heavy (non-hydrogen) atoms. The summed E-state index contributed by atoms with van der Waals surface area (Å²) in [6.45, 7) is 2.28. The van der Waals surface area contributed by atoms with Crippen molar-refractivity contribution in [3.05, 3.63) is 41.6 Å². The van der Waals surface area contributed by atoms with Crippen LogP contribution >= 0.6 is 0 Å². The summed E-state index contributed by atoms with van der Waals surface area (Å²) in [6, 6.07) is 10.4. The smallest absolute Gasteiger partial charge is 0.0423 e. The third kappa shape index (κ3) is 2.19. The van der Waals surface area contributed by atoms with Gasteiger partial charge in [-0.2, -0.15) is 0 Å². The normalized spacial score (nSPS) is 11.7. The monoisotopic (exact) mass is 148 g/mol. The van der Waals surface area contributed by atoms with Crippen molar-refractivity contribution in [3.8, 4) is 0 Å². The first-order chi connectivity index (χ1) is 4.93.